The summed E-state index contributed by atoms with van der Waals surface area (Å²) >= 11 is 4.17. The van der Waals surface area contributed by atoms with Gasteiger partial charge in [0.25, 0.3) is 0 Å². The van der Waals surface area contributed by atoms with Crippen molar-refractivity contribution in [3.8, 4) is 11.1 Å². The highest BCUT2D eigenvalue weighted by molar-refractivity contribution is 7.79. The van der Waals surface area contributed by atoms with Gasteiger partial charge in [-0.1, -0.05) is 67.1 Å². The molecule has 2 N–H and O–H groups in total. The van der Waals surface area contributed by atoms with Gasteiger partial charge >= 0.3 is 5.97 Å². The van der Waals surface area contributed by atoms with E-state index < -0.39 is 17.5 Å². The quantitative estimate of drug-likeness (QED) is 0.0871. The summed E-state index contributed by atoms with van der Waals surface area (Å²) in [6, 6.07) is 29.8. The number of carboxylic acids is 1. The minimum absolute atomic E-state index is 0.0581. The average Bonchev–Trinajstić information content (AvgIpc) is 3.77. The standard InChI is InChI=1S/C40H29N3O4S/c41-36-28(16-11-25(37(36)42-48)20-33-38(44)30-17-12-26(40(46)47)21-32(30)39(33)45)24-13-18-35-31(19-24)29-7-4-8-34(29)43(35)27-14-9-23(10-15-27)22-5-2-1-3-6-22/h1-3,5-6,9-21,29,34,41,48H,4,7-8H2,(H,46,47)/b33-20+,41-36?,42-37?. The molecule has 1 aliphatic heterocycles. The van der Waals surface area contributed by atoms with Crippen LogP contribution < -0.4 is 4.90 Å². The first kappa shape index (κ1) is 29.8. The first-order valence-corrected chi connectivity index (χ1v) is 16.2. The summed E-state index contributed by atoms with van der Waals surface area (Å²) in [4.78, 5) is 40.2. The number of carbonyl (C=O) groups excluding carboxylic acids is 2. The lowest BCUT2D eigenvalue weighted by Gasteiger charge is -2.27. The summed E-state index contributed by atoms with van der Waals surface area (Å²) < 4.78 is 4.09. The van der Waals surface area contributed by atoms with Gasteiger partial charge < -0.3 is 10.0 Å². The number of carbonyl (C=O) groups is 3. The van der Waals surface area contributed by atoms with E-state index in [9.17, 15) is 19.5 Å². The number of aromatic carboxylic acids is 1. The highest BCUT2D eigenvalue weighted by atomic mass is 32.1. The van der Waals surface area contributed by atoms with Crippen LogP contribution in [0, 0.1) is 5.41 Å². The Morgan fingerprint density at radius 3 is 2.33 bits per heavy atom. The molecule has 8 rings (SSSR count). The number of Topliss-reactive ketones (excluding diaryl/α,β-unsaturated/α-hetero) is 2. The fraction of sp³-hybridized carbons (Fsp3) is 0.125. The molecule has 0 spiro atoms. The highest BCUT2D eigenvalue weighted by Crippen LogP contribution is 2.53. The number of nitrogens with zero attached hydrogens (tertiary/aromatic N) is 2. The van der Waals surface area contributed by atoms with Crippen molar-refractivity contribution in [1.29, 1.82) is 5.41 Å². The summed E-state index contributed by atoms with van der Waals surface area (Å²) in [5.41, 5.74) is 8.42. The maximum absolute atomic E-state index is 13.2. The Morgan fingerprint density at radius 1 is 0.854 bits per heavy atom. The SMILES string of the molecule is N=C1C(c2ccc3c(c2)C2CCCC2N3c2ccc(-c3ccccc3)cc2)=CC=C(/C=C2\C(=O)c3ccc(C(=O)O)cc3C2=O)C1=NS. The normalized spacial score (nSPS) is 21.4. The number of anilines is 2. The zero-order chi connectivity index (χ0) is 33.1. The van der Waals surface area contributed by atoms with E-state index in [2.05, 4.69) is 82.8 Å². The maximum Gasteiger partial charge on any atom is 0.335 e. The molecule has 2 unspecified atom stereocenters. The summed E-state index contributed by atoms with van der Waals surface area (Å²) in [6.07, 6.45) is 8.37. The van der Waals surface area contributed by atoms with Crippen LogP contribution in [0.1, 0.15) is 67.4 Å². The molecule has 0 radical (unpaired) electrons. The lowest BCUT2D eigenvalue weighted by molar-refractivity contribution is 0.0696. The number of hydrogen-bond acceptors (Lipinski definition) is 7. The third-order valence-corrected chi connectivity index (χ3v) is 10.1. The van der Waals surface area contributed by atoms with Gasteiger partial charge in [0.15, 0.2) is 11.6 Å². The van der Waals surface area contributed by atoms with E-state index in [1.165, 1.54) is 52.3 Å². The number of carboxylic acid groups (broad SMARTS) is 1. The van der Waals surface area contributed by atoms with Gasteiger partial charge in [-0.05, 0) is 96.5 Å². The Morgan fingerprint density at radius 2 is 1.58 bits per heavy atom. The van der Waals surface area contributed by atoms with E-state index in [0.29, 0.717) is 23.1 Å². The van der Waals surface area contributed by atoms with Crippen molar-refractivity contribution in [2.24, 2.45) is 4.40 Å². The second-order valence-corrected chi connectivity index (χ2v) is 12.7. The predicted molar refractivity (Wildman–Crippen MR) is 191 cm³/mol. The van der Waals surface area contributed by atoms with Crippen LogP contribution in [0.4, 0.5) is 11.4 Å². The minimum Gasteiger partial charge on any atom is -0.478 e. The fourth-order valence-corrected chi connectivity index (χ4v) is 7.84. The number of nitrogens with one attached hydrogen (secondary N) is 1. The zero-order valence-corrected chi connectivity index (χ0v) is 26.6. The van der Waals surface area contributed by atoms with Gasteiger partial charge in [0, 0.05) is 45.6 Å². The molecule has 4 aliphatic rings. The van der Waals surface area contributed by atoms with E-state index in [1.807, 2.05) is 18.2 Å². The number of fused-ring (bicyclic) bond motifs is 4. The highest BCUT2D eigenvalue weighted by Gasteiger charge is 2.42. The van der Waals surface area contributed by atoms with Crippen molar-refractivity contribution in [3.63, 3.8) is 0 Å². The van der Waals surface area contributed by atoms with Crippen molar-refractivity contribution in [2.45, 2.75) is 31.2 Å². The second-order valence-electron chi connectivity index (χ2n) is 12.5. The molecule has 4 aromatic rings. The van der Waals surface area contributed by atoms with Gasteiger partial charge in [0.05, 0.1) is 16.8 Å². The third kappa shape index (κ3) is 4.71. The molecule has 0 amide bonds. The Kier molecular flexibility index (Phi) is 7.18. The number of benzene rings is 4. The molecule has 0 aromatic heterocycles. The average molecular weight is 648 g/mol. The molecular formula is C40H29N3O4S. The lowest BCUT2D eigenvalue weighted by Crippen LogP contribution is -2.26. The van der Waals surface area contributed by atoms with Crippen molar-refractivity contribution in [2.75, 3.05) is 4.90 Å². The van der Waals surface area contributed by atoms with Crippen LogP contribution in [0.5, 0.6) is 0 Å². The summed E-state index contributed by atoms with van der Waals surface area (Å²) in [6.45, 7) is 0. The first-order chi connectivity index (χ1) is 23.3. The molecule has 8 heteroatoms. The molecule has 3 aliphatic carbocycles. The van der Waals surface area contributed by atoms with Gasteiger partial charge in [-0.25, -0.2) is 9.19 Å². The Balaban J connectivity index is 1.12. The number of allylic oxidation sites excluding steroid dienone is 6. The van der Waals surface area contributed by atoms with E-state index in [0.717, 1.165) is 24.8 Å². The lowest BCUT2D eigenvalue weighted by atomic mass is 9.86. The largest absolute Gasteiger partial charge is 0.478 e. The number of ketones is 2. The third-order valence-electron chi connectivity index (χ3n) is 9.92. The van der Waals surface area contributed by atoms with E-state index in [4.69, 9.17) is 5.41 Å². The zero-order valence-electron chi connectivity index (χ0n) is 25.7. The summed E-state index contributed by atoms with van der Waals surface area (Å²) in [7, 11) is 0. The van der Waals surface area contributed by atoms with Crippen LogP contribution in [-0.4, -0.2) is 40.1 Å². The Hall–Kier alpha value is -5.60. The topological polar surface area (TPSA) is 111 Å². The van der Waals surface area contributed by atoms with Gasteiger partial charge in [-0.15, -0.1) is 0 Å². The number of rotatable bonds is 5. The summed E-state index contributed by atoms with van der Waals surface area (Å²) in [5, 5.41) is 18.4. The molecule has 1 heterocycles. The maximum atomic E-state index is 13.2. The van der Waals surface area contributed by atoms with Crippen LogP contribution in [0.25, 0.3) is 16.7 Å². The molecule has 4 aromatic carbocycles. The van der Waals surface area contributed by atoms with Crippen LogP contribution in [-0.2, 0) is 0 Å². The smallest absolute Gasteiger partial charge is 0.335 e. The monoisotopic (exact) mass is 647 g/mol. The Labute approximate surface area is 282 Å². The molecule has 1 saturated carbocycles. The van der Waals surface area contributed by atoms with Crippen LogP contribution in [0.15, 0.2) is 125 Å². The molecule has 234 valence electrons. The Bertz CT molecular complexity index is 2210. The van der Waals surface area contributed by atoms with Crippen LogP contribution in [0.2, 0.25) is 0 Å². The van der Waals surface area contributed by atoms with E-state index >= 15 is 0 Å². The fourth-order valence-electron chi connectivity index (χ4n) is 7.62. The van der Waals surface area contributed by atoms with Gasteiger partial charge in [0.1, 0.15) is 5.71 Å². The second kappa shape index (κ2) is 11.6. The predicted octanol–water partition coefficient (Wildman–Crippen LogP) is 8.47. The molecule has 48 heavy (non-hydrogen) atoms. The molecule has 1 fully saturated rings. The molecule has 0 saturated heterocycles. The molecule has 0 bridgehead atoms. The van der Waals surface area contributed by atoms with Gasteiger partial charge in [0.2, 0.25) is 0 Å². The summed E-state index contributed by atoms with van der Waals surface area (Å²) in [5.74, 6) is -1.83. The number of hydrogen-bond donors (Lipinski definition) is 3. The number of thiol groups is 1. The first-order valence-electron chi connectivity index (χ1n) is 15.8. The van der Waals surface area contributed by atoms with Crippen molar-refractivity contribution in [1.82, 2.24) is 0 Å². The van der Waals surface area contributed by atoms with Crippen LogP contribution in [0.3, 0.4) is 0 Å². The van der Waals surface area contributed by atoms with Gasteiger partial charge in [-0.2, -0.15) is 0 Å². The van der Waals surface area contributed by atoms with Crippen molar-refractivity contribution in [3.05, 3.63) is 148 Å². The van der Waals surface area contributed by atoms with E-state index in [1.54, 1.807) is 6.08 Å². The van der Waals surface area contributed by atoms with E-state index in [-0.39, 0.29) is 33.7 Å². The minimum atomic E-state index is -1.18. The molecule has 7 nitrogen and oxygen atoms in total. The van der Waals surface area contributed by atoms with Crippen molar-refractivity contribution < 1.29 is 19.5 Å². The van der Waals surface area contributed by atoms with Gasteiger partial charge in [-0.3, -0.25) is 15.0 Å². The van der Waals surface area contributed by atoms with Crippen LogP contribution >= 0.6 is 12.8 Å². The molecular weight excluding hydrogens is 619 g/mol. The molecule has 2 atom stereocenters. The van der Waals surface area contributed by atoms with Crippen molar-refractivity contribution >= 4 is 58.7 Å².